The molecule has 0 spiro atoms. The van der Waals surface area contributed by atoms with Crippen molar-refractivity contribution in [1.82, 2.24) is 8.52 Å². The number of aromatic nitrogens is 2. The van der Waals surface area contributed by atoms with Crippen LogP contribution in [-0.2, 0) is 6.54 Å². The van der Waals surface area contributed by atoms with Gasteiger partial charge < -0.3 is 0 Å². The number of aryl methyl sites for hydroxylation is 2. The number of benzene rings is 1. The molecule has 0 aliphatic heterocycles. The van der Waals surface area contributed by atoms with Crippen molar-refractivity contribution >= 4 is 11.5 Å². The number of hydrogen-bond acceptors (Lipinski definition) is 3. The van der Waals surface area contributed by atoms with Crippen LogP contribution in [0.25, 0.3) is 5.69 Å². The van der Waals surface area contributed by atoms with E-state index >= 15 is 0 Å². The molecule has 0 atom stereocenters. The average molecular weight is 236 g/mol. The fourth-order valence-corrected chi connectivity index (χ4v) is 2.22. The molecule has 2 rings (SSSR count). The van der Waals surface area contributed by atoms with Crippen molar-refractivity contribution in [3.63, 3.8) is 0 Å². The van der Waals surface area contributed by atoms with E-state index in [1.807, 2.05) is 26.0 Å². The molecule has 0 saturated heterocycles. The van der Waals surface area contributed by atoms with Gasteiger partial charge in [0.15, 0.2) is 0 Å². The number of nitrogens with zero attached hydrogens (tertiary/aromatic N) is 2. The van der Waals surface area contributed by atoms with E-state index in [0.717, 1.165) is 17.1 Å². The molecule has 0 aliphatic rings. The topological polar surface area (TPSA) is 44.0 Å². The molecular formula is C11H12N2O2S. The normalized spacial score (nSPS) is 10.6. The molecule has 1 aromatic carbocycles. The Morgan fingerprint density at radius 1 is 1.19 bits per heavy atom. The van der Waals surface area contributed by atoms with Crippen LogP contribution in [0.15, 0.2) is 33.9 Å². The van der Waals surface area contributed by atoms with Crippen LogP contribution in [0, 0.1) is 6.92 Å². The molecule has 4 nitrogen and oxygen atoms in total. The SMILES string of the molecule is CCn1sc(=O)n(-c2ccc(C)cc2)c1=O. The van der Waals surface area contributed by atoms with Crippen molar-refractivity contribution in [2.75, 3.05) is 0 Å². The minimum absolute atomic E-state index is 0.240. The Labute approximate surface area is 96.5 Å². The molecule has 5 heteroatoms. The summed E-state index contributed by atoms with van der Waals surface area (Å²) in [5, 5.41) is 0. The van der Waals surface area contributed by atoms with Crippen molar-refractivity contribution in [2.45, 2.75) is 20.4 Å². The molecule has 0 saturated carbocycles. The molecule has 0 fully saturated rings. The van der Waals surface area contributed by atoms with Gasteiger partial charge in [-0.3, -0.25) is 4.79 Å². The number of hydrogen-bond donors (Lipinski definition) is 0. The molecule has 0 bridgehead atoms. The van der Waals surface area contributed by atoms with Crippen molar-refractivity contribution in [2.24, 2.45) is 0 Å². The van der Waals surface area contributed by atoms with Crippen LogP contribution in [0.2, 0.25) is 0 Å². The molecular weight excluding hydrogens is 224 g/mol. The summed E-state index contributed by atoms with van der Waals surface area (Å²) >= 11 is 0.952. The largest absolute Gasteiger partial charge is 0.345 e. The first-order valence-corrected chi connectivity index (χ1v) is 5.81. The highest BCUT2D eigenvalue weighted by atomic mass is 32.1. The first-order chi connectivity index (χ1) is 7.63. The predicted octanol–water partition coefficient (Wildman–Crippen LogP) is 1.39. The molecule has 1 aromatic heterocycles. The first kappa shape index (κ1) is 10.9. The second kappa shape index (κ2) is 4.09. The van der Waals surface area contributed by atoms with Gasteiger partial charge in [0.2, 0.25) is 0 Å². The number of rotatable bonds is 2. The lowest BCUT2D eigenvalue weighted by Crippen LogP contribution is -2.26. The molecule has 0 N–H and O–H groups in total. The Morgan fingerprint density at radius 3 is 2.31 bits per heavy atom. The van der Waals surface area contributed by atoms with E-state index in [-0.39, 0.29) is 10.6 Å². The molecule has 2 aromatic rings. The van der Waals surface area contributed by atoms with Gasteiger partial charge in [0.1, 0.15) is 0 Å². The van der Waals surface area contributed by atoms with Gasteiger partial charge in [-0.2, -0.15) is 0 Å². The predicted molar refractivity (Wildman–Crippen MR) is 64.6 cm³/mol. The van der Waals surface area contributed by atoms with Gasteiger partial charge in [0.25, 0.3) is 0 Å². The summed E-state index contributed by atoms with van der Waals surface area (Å²) < 4.78 is 2.65. The standard InChI is InChI=1S/C11H12N2O2S/c1-3-12-10(14)13(11(15)16-12)9-6-4-8(2)5-7-9/h4-7H,3H2,1-2H3. The van der Waals surface area contributed by atoms with E-state index in [9.17, 15) is 9.59 Å². The van der Waals surface area contributed by atoms with E-state index in [1.54, 1.807) is 12.1 Å². The Morgan fingerprint density at radius 2 is 1.81 bits per heavy atom. The third-order valence-electron chi connectivity index (χ3n) is 2.35. The van der Waals surface area contributed by atoms with Crippen molar-refractivity contribution in [3.05, 3.63) is 50.0 Å². The van der Waals surface area contributed by atoms with Crippen LogP contribution in [0.3, 0.4) is 0 Å². The summed E-state index contributed by atoms with van der Waals surface area (Å²) in [6.45, 7) is 4.33. The summed E-state index contributed by atoms with van der Waals surface area (Å²) in [6.07, 6.45) is 0. The van der Waals surface area contributed by atoms with E-state index in [1.165, 1.54) is 8.52 Å². The van der Waals surface area contributed by atoms with Crippen molar-refractivity contribution in [1.29, 1.82) is 0 Å². The van der Waals surface area contributed by atoms with Gasteiger partial charge in [-0.25, -0.2) is 13.3 Å². The Kier molecular flexibility index (Phi) is 2.78. The maximum Gasteiger partial charge on any atom is 0.345 e. The molecule has 84 valence electrons. The van der Waals surface area contributed by atoms with Gasteiger partial charge in [0.05, 0.1) is 5.69 Å². The zero-order valence-corrected chi connectivity index (χ0v) is 9.95. The lowest BCUT2D eigenvalue weighted by molar-refractivity contribution is 0.755. The van der Waals surface area contributed by atoms with Crippen molar-refractivity contribution < 1.29 is 0 Å². The summed E-state index contributed by atoms with van der Waals surface area (Å²) in [5.41, 5.74) is 1.47. The average Bonchev–Trinajstić information content (AvgIpc) is 2.56. The second-order valence-electron chi connectivity index (χ2n) is 3.51. The molecule has 0 radical (unpaired) electrons. The minimum Gasteiger partial charge on any atom is -0.255 e. The van der Waals surface area contributed by atoms with E-state index in [0.29, 0.717) is 12.2 Å². The Bertz CT molecular complexity index is 604. The van der Waals surface area contributed by atoms with Gasteiger partial charge in [-0.05, 0) is 26.0 Å². The maximum absolute atomic E-state index is 11.8. The molecule has 1 heterocycles. The first-order valence-electron chi connectivity index (χ1n) is 5.03. The smallest absolute Gasteiger partial charge is 0.255 e. The van der Waals surface area contributed by atoms with E-state index in [2.05, 4.69) is 0 Å². The van der Waals surface area contributed by atoms with Crippen LogP contribution in [0.1, 0.15) is 12.5 Å². The highest BCUT2D eigenvalue weighted by molar-refractivity contribution is 7.03. The molecule has 16 heavy (non-hydrogen) atoms. The van der Waals surface area contributed by atoms with Crippen molar-refractivity contribution in [3.8, 4) is 5.69 Å². The van der Waals surface area contributed by atoms with Crippen LogP contribution in [-0.4, -0.2) is 8.52 Å². The lowest BCUT2D eigenvalue weighted by Gasteiger charge is -1.99. The van der Waals surface area contributed by atoms with Crippen LogP contribution in [0.4, 0.5) is 0 Å². The monoisotopic (exact) mass is 236 g/mol. The Hall–Kier alpha value is -1.62. The quantitative estimate of drug-likeness (QED) is 0.791. The summed E-state index contributed by atoms with van der Waals surface area (Å²) in [4.78, 5) is 23.3. The lowest BCUT2D eigenvalue weighted by atomic mass is 10.2. The highest BCUT2D eigenvalue weighted by Crippen LogP contribution is 2.05. The zero-order valence-electron chi connectivity index (χ0n) is 9.14. The zero-order chi connectivity index (χ0) is 11.7. The fraction of sp³-hybridized carbons (Fsp3) is 0.273. The molecule has 0 amide bonds. The van der Waals surface area contributed by atoms with Crippen LogP contribution in [0.5, 0.6) is 0 Å². The van der Waals surface area contributed by atoms with Crippen LogP contribution >= 0.6 is 11.5 Å². The van der Waals surface area contributed by atoms with E-state index in [4.69, 9.17) is 0 Å². The summed E-state index contributed by atoms with van der Waals surface area (Å²) in [7, 11) is 0. The molecule has 0 aliphatic carbocycles. The van der Waals surface area contributed by atoms with Gasteiger partial charge in [-0.1, -0.05) is 17.7 Å². The van der Waals surface area contributed by atoms with Crippen LogP contribution < -0.4 is 10.6 Å². The third-order valence-corrected chi connectivity index (χ3v) is 3.33. The minimum atomic E-state index is -0.263. The van der Waals surface area contributed by atoms with Gasteiger partial charge in [-0.15, -0.1) is 0 Å². The third kappa shape index (κ3) is 1.74. The van der Waals surface area contributed by atoms with E-state index < -0.39 is 0 Å². The maximum atomic E-state index is 11.8. The van der Waals surface area contributed by atoms with Gasteiger partial charge >= 0.3 is 10.6 Å². The summed E-state index contributed by atoms with van der Waals surface area (Å²) in [6, 6.07) is 7.33. The van der Waals surface area contributed by atoms with Gasteiger partial charge in [0, 0.05) is 18.1 Å². The fourth-order valence-electron chi connectivity index (χ4n) is 1.47. The second-order valence-corrected chi connectivity index (χ2v) is 4.48. The Balaban J connectivity index is 2.65. The summed E-state index contributed by atoms with van der Waals surface area (Å²) in [5.74, 6) is 0. The molecule has 0 unspecified atom stereocenters. The highest BCUT2D eigenvalue weighted by Gasteiger charge is 2.09.